The highest BCUT2D eigenvalue weighted by Gasteiger charge is 2.20. The van der Waals surface area contributed by atoms with Gasteiger partial charge in [0.05, 0.1) is 11.5 Å². The van der Waals surface area contributed by atoms with Crippen LogP contribution >= 0.6 is 11.8 Å². The Hall–Kier alpha value is -1.77. The van der Waals surface area contributed by atoms with Crippen molar-refractivity contribution in [1.29, 1.82) is 0 Å². The molecule has 0 aliphatic carbocycles. The number of carbonyl (C=O) groups excluding carboxylic acids is 1. The minimum absolute atomic E-state index is 0.113. The molecule has 0 fully saturated rings. The Kier molecular flexibility index (Phi) is 8.59. The van der Waals surface area contributed by atoms with Crippen LogP contribution in [0.2, 0.25) is 0 Å². The molecule has 1 amide bonds. The molecule has 28 heavy (non-hydrogen) atoms. The third-order valence-electron chi connectivity index (χ3n) is 4.31. The Labute approximate surface area is 171 Å². The number of fused-ring (bicyclic) bond motifs is 1. The number of anilines is 1. The van der Waals surface area contributed by atoms with E-state index >= 15 is 0 Å². The van der Waals surface area contributed by atoms with Crippen molar-refractivity contribution in [3.05, 3.63) is 36.4 Å². The van der Waals surface area contributed by atoms with Gasteiger partial charge in [0, 0.05) is 42.7 Å². The highest BCUT2D eigenvalue weighted by Crippen LogP contribution is 2.30. The molecule has 0 aromatic heterocycles. The van der Waals surface area contributed by atoms with E-state index in [-0.39, 0.29) is 17.9 Å². The van der Waals surface area contributed by atoms with Crippen LogP contribution in [0.3, 0.4) is 0 Å². The molecule has 0 saturated heterocycles. The number of amides is 1. The van der Waals surface area contributed by atoms with Crippen LogP contribution in [0, 0.1) is 0 Å². The van der Waals surface area contributed by atoms with Gasteiger partial charge in [-0.05, 0) is 30.7 Å². The molecule has 2 aromatic carbocycles. The van der Waals surface area contributed by atoms with Gasteiger partial charge in [0.1, 0.15) is 0 Å². The second kappa shape index (κ2) is 10.7. The number of nitrogens with one attached hydrogen (secondary N) is 1. The Morgan fingerprint density at radius 1 is 1.04 bits per heavy atom. The molecule has 0 aliphatic heterocycles. The van der Waals surface area contributed by atoms with E-state index in [1.165, 1.54) is 6.07 Å². The number of hydrogen-bond acceptors (Lipinski definition) is 6. The number of aliphatic hydroxyl groups is 1. The van der Waals surface area contributed by atoms with Crippen molar-refractivity contribution in [3.8, 4) is 0 Å². The quantitative estimate of drug-likeness (QED) is 0.539. The molecule has 2 rings (SSSR count). The van der Waals surface area contributed by atoms with E-state index in [0.29, 0.717) is 11.8 Å². The highest BCUT2D eigenvalue weighted by atomic mass is 32.2. The number of carbonyl (C=O) groups is 1. The summed E-state index contributed by atoms with van der Waals surface area (Å²) >= 11 is 1.67. The standard InChI is InChI=1S/C20H28N2O4S2/c1-22(2)18-10-6-9-17-16(18)8-7-11-19(17)28(25,26)21-20(24)12-4-3-5-14-27-15-13-23/h6-11,23H,3-5,12-15H2,1-2H3,(H,21,24). The van der Waals surface area contributed by atoms with E-state index in [9.17, 15) is 13.2 Å². The summed E-state index contributed by atoms with van der Waals surface area (Å²) in [6.07, 6.45) is 2.62. The van der Waals surface area contributed by atoms with Crippen LogP contribution in [0.1, 0.15) is 25.7 Å². The molecule has 2 N–H and O–H groups in total. The fraction of sp³-hybridized carbons (Fsp3) is 0.450. The third-order valence-corrected chi connectivity index (χ3v) is 6.79. The molecule has 8 heteroatoms. The number of thioether (sulfide) groups is 1. The lowest BCUT2D eigenvalue weighted by Crippen LogP contribution is -2.30. The van der Waals surface area contributed by atoms with Crippen molar-refractivity contribution in [2.45, 2.75) is 30.6 Å². The van der Waals surface area contributed by atoms with E-state index in [1.54, 1.807) is 23.9 Å². The molecule has 0 unspecified atom stereocenters. The van der Waals surface area contributed by atoms with Crippen LogP contribution in [0.4, 0.5) is 5.69 Å². The van der Waals surface area contributed by atoms with Gasteiger partial charge in [-0.3, -0.25) is 4.79 Å². The Balaban J connectivity index is 2.03. The molecular weight excluding hydrogens is 396 g/mol. The zero-order valence-corrected chi connectivity index (χ0v) is 18.0. The molecular formula is C20H28N2O4S2. The third kappa shape index (κ3) is 6.12. The van der Waals surface area contributed by atoms with Crippen molar-refractivity contribution >= 4 is 44.2 Å². The van der Waals surface area contributed by atoms with Gasteiger partial charge in [0.25, 0.3) is 10.0 Å². The zero-order chi connectivity index (χ0) is 20.6. The molecule has 0 bridgehead atoms. The van der Waals surface area contributed by atoms with Crippen LogP contribution in [0.25, 0.3) is 10.8 Å². The summed E-state index contributed by atoms with van der Waals surface area (Å²) in [6, 6.07) is 10.6. The number of nitrogens with zero attached hydrogens (tertiary/aromatic N) is 1. The van der Waals surface area contributed by atoms with Gasteiger partial charge >= 0.3 is 0 Å². The maximum atomic E-state index is 12.8. The van der Waals surface area contributed by atoms with Crippen molar-refractivity contribution in [2.24, 2.45) is 0 Å². The first-order chi connectivity index (χ1) is 13.4. The summed E-state index contributed by atoms with van der Waals surface area (Å²) in [5.41, 5.74) is 0.917. The van der Waals surface area contributed by atoms with Crippen molar-refractivity contribution in [1.82, 2.24) is 4.72 Å². The summed E-state index contributed by atoms with van der Waals surface area (Å²) < 4.78 is 27.8. The number of rotatable bonds is 11. The van der Waals surface area contributed by atoms with Crippen molar-refractivity contribution < 1.29 is 18.3 Å². The van der Waals surface area contributed by atoms with Gasteiger partial charge in [0.15, 0.2) is 0 Å². The van der Waals surface area contributed by atoms with Gasteiger partial charge < -0.3 is 10.0 Å². The number of aliphatic hydroxyl groups excluding tert-OH is 1. The van der Waals surface area contributed by atoms with Crippen molar-refractivity contribution in [3.63, 3.8) is 0 Å². The largest absolute Gasteiger partial charge is 0.396 e. The van der Waals surface area contributed by atoms with Gasteiger partial charge in [-0.1, -0.05) is 30.7 Å². The first kappa shape index (κ1) is 22.5. The normalized spacial score (nSPS) is 11.5. The lowest BCUT2D eigenvalue weighted by Gasteiger charge is -2.17. The number of hydrogen-bond donors (Lipinski definition) is 2. The molecule has 2 aromatic rings. The lowest BCUT2D eigenvalue weighted by atomic mass is 10.1. The monoisotopic (exact) mass is 424 g/mol. The lowest BCUT2D eigenvalue weighted by molar-refractivity contribution is -0.119. The minimum atomic E-state index is -3.93. The Bertz CT molecular complexity index is 898. The predicted octanol–water partition coefficient (Wildman–Crippen LogP) is 3.00. The Morgan fingerprint density at radius 3 is 2.46 bits per heavy atom. The zero-order valence-electron chi connectivity index (χ0n) is 16.3. The van der Waals surface area contributed by atoms with E-state index in [2.05, 4.69) is 4.72 Å². The van der Waals surface area contributed by atoms with Gasteiger partial charge in [-0.2, -0.15) is 11.8 Å². The molecule has 0 atom stereocenters. The van der Waals surface area contributed by atoms with Crippen LogP contribution in [0.15, 0.2) is 41.3 Å². The molecule has 0 spiro atoms. The van der Waals surface area contributed by atoms with E-state index in [0.717, 1.165) is 35.4 Å². The maximum absolute atomic E-state index is 12.8. The van der Waals surface area contributed by atoms with E-state index in [4.69, 9.17) is 5.11 Å². The summed E-state index contributed by atoms with van der Waals surface area (Å²) in [5.74, 6) is 1.17. The molecule has 0 heterocycles. The summed E-state index contributed by atoms with van der Waals surface area (Å²) in [5, 5.41) is 10.1. The number of benzene rings is 2. The summed E-state index contributed by atoms with van der Waals surface area (Å²) in [6.45, 7) is 0.176. The van der Waals surface area contributed by atoms with Crippen LogP contribution < -0.4 is 9.62 Å². The summed E-state index contributed by atoms with van der Waals surface area (Å²) in [7, 11) is -0.128. The fourth-order valence-corrected chi connectivity index (χ4v) is 4.96. The first-order valence-corrected chi connectivity index (χ1v) is 11.9. The van der Waals surface area contributed by atoms with Gasteiger partial charge in [-0.25, -0.2) is 13.1 Å². The highest BCUT2D eigenvalue weighted by molar-refractivity contribution is 7.99. The number of unbranched alkanes of at least 4 members (excludes halogenated alkanes) is 2. The SMILES string of the molecule is CN(C)c1cccc2c(S(=O)(=O)NC(=O)CCCCCSCCO)cccc12. The average Bonchev–Trinajstić information content (AvgIpc) is 2.65. The molecule has 0 aliphatic rings. The minimum Gasteiger partial charge on any atom is -0.396 e. The molecule has 6 nitrogen and oxygen atoms in total. The number of sulfonamides is 1. The summed E-state index contributed by atoms with van der Waals surface area (Å²) in [4.78, 5) is 14.2. The maximum Gasteiger partial charge on any atom is 0.264 e. The van der Waals surface area contributed by atoms with E-state index in [1.807, 2.05) is 37.2 Å². The Morgan fingerprint density at radius 2 is 1.75 bits per heavy atom. The van der Waals surface area contributed by atoms with E-state index < -0.39 is 15.9 Å². The average molecular weight is 425 g/mol. The van der Waals surface area contributed by atoms with Gasteiger partial charge in [-0.15, -0.1) is 0 Å². The molecule has 0 radical (unpaired) electrons. The van der Waals surface area contributed by atoms with Crippen molar-refractivity contribution in [2.75, 3.05) is 37.1 Å². The molecule has 154 valence electrons. The predicted molar refractivity (Wildman–Crippen MR) is 116 cm³/mol. The fourth-order valence-electron chi connectivity index (χ4n) is 2.98. The second-order valence-corrected chi connectivity index (χ2v) is 9.57. The van der Waals surface area contributed by atoms with Gasteiger partial charge in [0.2, 0.25) is 5.91 Å². The topological polar surface area (TPSA) is 86.7 Å². The van der Waals surface area contributed by atoms with Crippen LogP contribution in [0.5, 0.6) is 0 Å². The first-order valence-electron chi connectivity index (χ1n) is 9.30. The van der Waals surface area contributed by atoms with Crippen LogP contribution in [-0.2, 0) is 14.8 Å². The smallest absolute Gasteiger partial charge is 0.264 e. The van der Waals surface area contributed by atoms with Crippen LogP contribution in [-0.4, -0.2) is 51.6 Å². The second-order valence-electron chi connectivity index (χ2n) is 6.70. The molecule has 0 saturated carbocycles.